The standard InChI is InChI=1S/C27H37BN2O4/c1-25(2,3)32-24(31)30-14-8-9-23(30)22-16-20-19-12-11-18(15-17(19)10-13-21(20)29-22)28-33-26(4,5)27(6,7)34-28/h11-12,15,23H,8-10,13-14,16H2,1-7H3/t23-/m0/s1. The minimum atomic E-state index is -0.493. The van der Waals surface area contributed by atoms with E-state index in [2.05, 4.69) is 45.9 Å². The number of likely N-dealkylation sites (tertiary alicyclic amines) is 1. The van der Waals surface area contributed by atoms with E-state index in [1.54, 1.807) is 0 Å². The number of carbonyl (C=O) groups is 1. The fraction of sp³-hybridized carbons (Fsp3) is 0.630. The summed E-state index contributed by atoms with van der Waals surface area (Å²) in [6.07, 6.45) is 4.40. The molecule has 2 fully saturated rings. The number of aryl methyl sites for hydroxylation is 1. The monoisotopic (exact) mass is 464 g/mol. The lowest BCUT2D eigenvalue weighted by Crippen LogP contribution is -2.43. The maximum atomic E-state index is 12.8. The molecular weight excluding hydrogens is 427 g/mol. The van der Waals surface area contributed by atoms with Crippen LogP contribution < -0.4 is 5.46 Å². The Bertz CT molecular complexity index is 1070. The molecule has 1 amide bonds. The summed E-state index contributed by atoms with van der Waals surface area (Å²) in [6, 6.07) is 6.63. The molecule has 2 saturated heterocycles. The molecule has 34 heavy (non-hydrogen) atoms. The van der Waals surface area contributed by atoms with Crippen molar-refractivity contribution in [2.75, 3.05) is 6.54 Å². The predicted octanol–water partition coefficient (Wildman–Crippen LogP) is 4.89. The minimum absolute atomic E-state index is 0.0351. The molecule has 1 aromatic carbocycles. The summed E-state index contributed by atoms with van der Waals surface area (Å²) < 4.78 is 18.2. The Morgan fingerprint density at radius 1 is 1.15 bits per heavy atom. The fourth-order valence-electron chi connectivity index (χ4n) is 5.36. The highest BCUT2D eigenvalue weighted by atomic mass is 16.7. The number of hydrogen-bond donors (Lipinski definition) is 0. The zero-order valence-corrected chi connectivity index (χ0v) is 21.7. The van der Waals surface area contributed by atoms with Gasteiger partial charge in [-0.15, -0.1) is 0 Å². The summed E-state index contributed by atoms with van der Waals surface area (Å²) in [4.78, 5) is 19.7. The van der Waals surface area contributed by atoms with Crippen LogP contribution in [0.1, 0.15) is 85.3 Å². The third-order valence-corrected chi connectivity index (χ3v) is 7.86. The van der Waals surface area contributed by atoms with E-state index in [1.807, 2.05) is 25.7 Å². The Morgan fingerprint density at radius 2 is 1.85 bits per heavy atom. The molecule has 0 aromatic heterocycles. The van der Waals surface area contributed by atoms with E-state index < -0.39 is 5.60 Å². The molecule has 7 heteroatoms. The quantitative estimate of drug-likeness (QED) is 0.585. The number of rotatable bonds is 2. The highest BCUT2D eigenvalue weighted by Crippen LogP contribution is 2.41. The second-order valence-electron chi connectivity index (χ2n) is 12.0. The second kappa shape index (κ2) is 7.96. The first-order valence-electron chi connectivity index (χ1n) is 12.6. The van der Waals surface area contributed by atoms with Crippen molar-refractivity contribution < 1.29 is 18.8 Å². The maximum Gasteiger partial charge on any atom is 0.494 e. The van der Waals surface area contributed by atoms with E-state index in [-0.39, 0.29) is 30.5 Å². The first-order chi connectivity index (χ1) is 15.8. The Hall–Kier alpha value is -2.12. The summed E-state index contributed by atoms with van der Waals surface area (Å²) >= 11 is 0. The molecule has 0 unspecified atom stereocenters. The maximum absolute atomic E-state index is 12.8. The van der Waals surface area contributed by atoms with Gasteiger partial charge in [0.15, 0.2) is 0 Å². The molecule has 1 aliphatic carbocycles. The number of nitrogens with zero attached hydrogens (tertiary/aromatic N) is 2. The molecular formula is C27H37BN2O4. The average Bonchev–Trinajstić information content (AvgIpc) is 3.42. The zero-order valence-electron chi connectivity index (χ0n) is 21.7. The van der Waals surface area contributed by atoms with Gasteiger partial charge in [-0.25, -0.2) is 4.79 Å². The van der Waals surface area contributed by atoms with Crippen molar-refractivity contribution in [3.63, 3.8) is 0 Å². The van der Waals surface area contributed by atoms with E-state index in [9.17, 15) is 4.79 Å². The van der Waals surface area contributed by atoms with Crippen molar-refractivity contribution >= 4 is 30.0 Å². The van der Waals surface area contributed by atoms with E-state index >= 15 is 0 Å². The van der Waals surface area contributed by atoms with Gasteiger partial charge in [-0.05, 0) is 96.3 Å². The Balaban J connectivity index is 1.33. The lowest BCUT2D eigenvalue weighted by atomic mass is 9.75. The van der Waals surface area contributed by atoms with Crippen LogP contribution in [0.2, 0.25) is 0 Å². The third-order valence-electron chi connectivity index (χ3n) is 7.86. The summed E-state index contributed by atoms with van der Waals surface area (Å²) in [5.41, 5.74) is 6.10. The highest BCUT2D eigenvalue weighted by molar-refractivity contribution is 6.62. The zero-order chi connectivity index (χ0) is 24.5. The van der Waals surface area contributed by atoms with Crippen LogP contribution >= 0.6 is 0 Å². The van der Waals surface area contributed by atoms with Gasteiger partial charge >= 0.3 is 13.2 Å². The van der Waals surface area contributed by atoms with Crippen molar-refractivity contribution in [2.24, 2.45) is 4.99 Å². The lowest BCUT2D eigenvalue weighted by Gasteiger charge is -2.32. The van der Waals surface area contributed by atoms with Crippen LogP contribution in [0.4, 0.5) is 4.79 Å². The predicted molar refractivity (Wildman–Crippen MR) is 135 cm³/mol. The lowest BCUT2D eigenvalue weighted by molar-refractivity contribution is 0.00578. The molecule has 0 N–H and O–H groups in total. The molecule has 1 atom stereocenters. The summed E-state index contributed by atoms with van der Waals surface area (Å²) in [5.74, 6) is 0. The van der Waals surface area contributed by atoms with Gasteiger partial charge < -0.3 is 14.0 Å². The number of fused-ring (bicyclic) bond motifs is 2. The van der Waals surface area contributed by atoms with Gasteiger partial charge in [0.25, 0.3) is 0 Å². The number of hydrogen-bond acceptors (Lipinski definition) is 5. The van der Waals surface area contributed by atoms with Gasteiger partial charge in [-0.1, -0.05) is 18.2 Å². The summed E-state index contributed by atoms with van der Waals surface area (Å²) in [6.45, 7) is 14.8. The van der Waals surface area contributed by atoms with E-state index in [1.165, 1.54) is 22.4 Å². The van der Waals surface area contributed by atoms with Gasteiger partial charge in [0.2, 0.25) is 0 Å². The number of carbonyl (C=O) groups excluding carboxylic acids is 1. The van der Waals surface area contributed by atoms with Crippen molar-refractivity contribution in [2.45, 2.75) is 103 Å². The Kier molecular flexibility index (Phi) is 5.53. The van der Waals surface area contributed by atoms with Crippen molar-refractivity contribution in [1.82, 2.24) is 4.90 Å². The third kappa shape index (κ3) is 4.11. The van der Waals surface area contributed by atoms with Gasteiger partial charge in [0.1, 0.15) is 5.60 Å². The summed E-state index contributed by atoms with van der Waals surface area (Å²) in [5, 5.41) is 0. The van der Waals surface area contributed by atoms with Gasteiger partial charge in [0.05, 0.1) is 17.2 Å². The number of benzene rings is 1. The van der Waals surface area contributed by atoms with Crippen LogP contribution in [0.3, 0.4) is 0 Å². The average molecular weight is 464 g/mol. The van der Waals surface area contributed by atoms with Crippen molar-refractivity contribution in [3.05, 3.63) is 35.0 Å². The molecule has 5 rings (SSSR count). The molecule has 3 heterocycles. The van der Waals surface area contributed by atoms with Crippen LogP contribution in [0.15, 0.2) is 28.9 Å². The van der Waals surface area contributed by atoms with Crippen molar-refractivity contribution in [3.8, 4) is 0 Å². The van der Waals surface area contributed by atoms with Gasteiger partial charge in [0, 0.05) is 24.4 Å². The van der Waals surface area contributed by atoms with Crippen LogP contribution in [0, 0.1) is 0 Å². The first kappa shape index (κ1) is 23.6. The fourth-order valence-corrected chi connectivity index (χ4v) is 5.36. The van der Waals surface area contributed by atoms with Gasteiger partial charge in [-0.3, -0.25) is 9.89 Å². The van der Waals surface area contributed by atoms with Crippen LogP contribution in [0.25, 0.3) is 5.57 Å². The molecule has 0 saturated carbocycles. The van der Waals surface area contributed by atoms with Crippen molar-refractivity contribution in [1.29, 1.82) is 0 Å². The molecule has 3 aliphatic heterocycles. The Labute approximate surface area is 203 Å². The number of allylic oxidation sites excluding steroid dienone is 2. The van der Waals surface area contributed by atoms with Crippen LogP contribution in [-0.4, -0.2) is 53.2 Å². The molecule has 0 radical (unpaired) electrons. The molecule has 0 spiro atoms. The molecule has 182 valence electrons. The SMILES string of the molecule is CC(C)(C)OC(=O)N1CCC[C@H]1C1=NC2=C(C1)c1ccc(B3OC(C)(C)C(C)(C)O3)cc1CC2. The van der Waals surface area contributed by atoms with E-state index in [0.717, 1.165) is 49.8 Å². The molecule has 4 aliphatic rings. The highest BCUT2D eigenvalue weighted by Gasteiger charge is 2.51. The van der Waals surface area contributed by atoms with E-state index in [4.69, 9.17) is 19.0 Å². The van der Waals surface area contributed by atoms with Crippen LogP contribution in [0.5, 0.6) is 0 Å². The summed E-state index contributed by atoms with van der Waals surface area (Å²) in [7, 11) is -0.345. The van der Waals surface area contributed by atoms with Crippen LogP contribution in [-0.2, 0) is 20.5 Å². The first-order valence-corrected chi connectivity index (χ1v) is 12.6. The number of aliphatic imine (C=N–C) groups is 1. The molecule has 0 bridgehead atoms. The molecule has 6 nitrogen and oxygen atoms in total. The largest absolute Gasteiger partial charge is 0.494 e. The Morgan fingerprint density at radius 3 is 2.53 bits per heavy atom. The van der Waals surface area contributed by atoms with E-state index in [0.29, 0.717) is 0 Å². The molecule has 1 aromatic rings. The number of amides is 1. The minimum Gasteiger partial charge on any atom is -0.444 e. The van der Waals surface area contributed by atoms with Gasteiger partial charge in [-0.2, -0.15) is 0 Å². The normalized spacial score (nSPS) is 25.4. The number of ether oxygens (including phenoxy) is 1. The second-order valence-corrected chi connectivity index (χ2v) is 12.0. The smallest absolute Gasteiger partial charge is 0.444 e. The topological polar surface area (TPSA) is 60.4 Å².